The minimum Gasteiger partial charge on any atom is -0.465 e. The summed E-state index contributed by atoms with van der Waals surface area (Å²) in [5, 5.41) is 0. The van der Waals surface area contributed by atoms with Crippen LogP contribution in [0.15, 0.2) is 24.3 Å². The molecule has 0 N–H and O–H groups in total. The molecule has 0 spiro atoms. The van der Waals surface area contributed by atoms with Crippen molar-refractivity contribution in [3.05, 3.63) is 24.3 Å². The fraction of sp³-hybridized carbons (Fsp3) is 0.600. The molecule has 0 aromatic rings. The number of carbonyl (C=O) groups is 2. The summed E-state index contributed by atoms with van der Waals surface area (Å²) in [6.07, 6.45) is 4.23. The van der Waals surface area contributed by atoms with E-state index in [0.717, 1.165) is 10.0 Å². The first kappa shape index (κ1) is 19.1. The molecule has 0 radical (unpaired) electrons. The zero-order chi connectivity index (χ0) is 15.6. The van der Waals surface area contributed by atoms with Crippen molar-refractivity contribution >= 4 is 34.5 Å². The van der Waals surface area contributed by atoms with Crippen LogP contribution in [0.3, 0.4) is 0 Å². The normalized spacial score (nSPS) is 11.4. The Morgan fingerprint density at radius 2 is 1.65 bits per heavy atom. The van der Waals surface area contributed by atoms with Crippen molar-refractivity contribution in [1.82, 2.24) is 0 Å². The van der Waals surface area contributed by atoms with Gasteiger partial charge in [0.05, 0.1) is 13.2 Å². The molecule has 0 aliphatic rings. The van der Waals surface area contributed by atoms with Crippen molar-refractivity contribution < 1.29 is 19.1 Å². The van der Waals surface area contributed by atoms with Crippen LogP contribution in [-0.2, 0) is 19.1 Å². The standard InChI is InChI=1S/C15H23IO4/c1-5-19-13(17)15(11-12(3)4,9-7-8-10-16)14(18)20-6-2/h7-8H,3,5-6,9-11H2,1-2,4H3/b8-7+. The van der Waals surface area contributed by atoms with E-state index in [4.69, 9.17) is 9.47 Å². The second kappa shape index (κ2) is 9.96. The van der Waals surface area contributed by atoms with Crippen LogP contribution in [0.4, 0.5) is 0 Å². The summed E-state index contributed by atoms with van der Waals surface area (Å²) >= 11 is 2.20. The Hall–Kier alpha value is -0.850. The Labute approximate surface area is 134 Å². The quantitative estimate of drug-likeness (QED) is 0.198. The van der Waals surface area contributed by atoms with Gasteiger partial charge in [0.15, 0.2) is 5.41 Å². The molecule has 4 nitrogen and oxygen atoms in total. The molecule has 0 saturated carbocycles. The van der Waals surface area contributed by atoms with E-state index in [1.807, 2.05) is 12.2 Å². The Balaban J connectivity index is 5.48. The summed E-state index contributed by atoms with van der Waals surface area (Å²) in [5.41, 5.74) is -0.575. The highest BCUT2D eigenvalue weighted by Crippen LogP contribution is 2.34. The van der Waals surface area contributed by atoms with E-state index < -0.39 is 17.4 Å². The zero-order valence-electron chi connectivity index (χ0n) is 12.4. The number of allylic oxidation sites excluding steroid dienone is 3. The molecule has 0 aliphatic heterocycles. The number of esters is 2. The Kier molecular flexibility index (Phi) is 9.54. The molecule has 0 heterocycles. The molecule has 0 amide bonds. The first-order chi connectivity index (χ1) is 9.44. The van der Waals surface area contributed by atoms with Crippen molar-refractivity contribution in [1.29, 1.82) is 0 Å². The SMILES string of the molecule is C=C(C)CC(C/C=C/CI)(C(=O)OCC)C(=O)OCC. The van der Waals surface area contributed by atoms with Crippen LogP contribution in [0.2, 0.25) is 0 Å². The maximum atomic E-state index is 12.3. The molecule has 0 aliphatic carbocycles. The van der Waals surface area contributed by atoms with Gasteiger partial charge in [0.25, 0.3) is 0 Å². The van der Waals surface area contributed by atoms with Crippen molar-refractivity contribution in [2.45, 2.75) is 33.6 Å². The summed E-state index contributed by atoms with van der Waals surface area (Å²) in [5.74, 6) is -1.08. The van der Waals surface area contributed by atoms with Crippen molar-refractivity contribution in [2.75, 3.05) is 17.6 Å². The number of carbonyl (C=O) groups excluding carboxylic acids is 2. The first-order valence-electron chi connectivity index (χ1n) is 6.64. The lowest BCUT2D eigenvalue weighted by Crippen LogP contribution is -2.42. The molecule has 0 aromatic carbocycles. The molecule has 5 heteroatoms. The summed E-state index contributed by atoms with van der Waals surface area (Å²) < 4.78 is 11.0. The molecule has 0 unspecified atom stereocenters. The van der Waals surface area contributed by atoms with E-state index >= 15 is 0 Å². The third-order valence-corrected chi connectivity index (χ3v) is 3.17. The minimum atomic E-state index is -1.32. The number of halogens is 1. The Bertz CT molecular complexity index is 356. The highest BCUT2D eigenvalue weighted by atomic mass is 127. The zero-order valence-corrected chi connectivity index (χ0v) is 14.6. The van der Waals surface area contributed by atoms with Crippen molar-refractivity contribution in [3.8, 4) is 0 Å². The molecule has 114 valence electrons. The van der Waals surface area contributed by atoms with Gasteiger partial charge in [-0.25, -0.2) is 0 Å². The van der Waals surface area contributed by atoms with E-state index in [0.29, 0.717) is 0 Å². The number of rotatable bonds is 9. The van der Waals surface area contributed by atoms with E-state index in [1.54, 1.807) is 20.8 Å². The van der Waals surface area contributed by atoms with Gasteiger partial charge in [-0.05, 0) is 33.6 Å². The lowest BCUT2D eigenvalue weighted by Gasteiger charge is -2.28. The molecule has 0 bridgehead atoms. The second-order valence-corrected chi connectivity index (χ2v) is 5.37. The first-order valence-corrected chi connectivity index (χ1v) is 8.16. The molecule has 0 atom stereocenters. The van der Waals surface area contributed by atoms with E-state index in [1.165, 1.54) is 0 Å². The van der Waals surface area contributed by atoms with Gasteiger partial charge in [0.2, 0.25) is 0 Å². The van der Waals surface area contributed by atoms with Gasteiger partial charge in [-0.15, -0.1) is 6.58 Å². The topological polar surface area (TPSA) is 52.6 Å². The van der Waals surface area contributed by atoms with E-state index in [-0.39, 0.29) is 26.1 Å². The summed E-state index contributed by atoms with van der Waals surface area (Å²) in [7, 11) is 0. The van der Waals surface area contributed by atoms with Crippen LogP contribution in [-0.4, -0.2) is 29.6 Å². The average molecular weight is 394 g/mol. The van der Waals surface area contributed by atoms with Crippen LogP contribution in [0.5, 0.6) is 0 Å². The average Bonchev–Trinajstić information content (AvgIpc) is 2.37. The minimum absolute atomic E-state index is 0.228. The van der Waals surface area contributed by atoms with Gasteiger partial charge < -0.3 is 9.47 Å². The molecular weight excluding hydrogens is 371 g/mol. The van der Waals surface area contributed by atoms with Gasteiger partial charge in [-0.2, -0.15) is 0 Å². The highest BCUT2D eigenvalue weighted by molar-refractivity contribution is 14.1. The summed E-state index contributed by atoms with van der Waals surface area (Å²) in [6.45, 7) is 9.49. The largest absolute Gasteiger partial charge is 0.465 e. The monoisotopic (exact) mass is 394 g/mol. The molecule has 20 heavy (non-hydrogen) atoms. The lowest BCUT2D eigenvalue weighted by molar-refractivity contribution is -0.171. The van der Waals surface area contributed by atoms with Gasteiger partial charge in [-0.3, -0.25) is 9.59 Å². The number of hydrogen-bond acceptors (Lipinski definition) is 4. The molecule has 0 fully saturated rings. The van der Waals surface area contributed by atoms with Crippen LogP contribution in [0.25, 0.3) is 0 Å². The maximum absolute atomic E-state index is 12.3. The van der Waals surface area contributed by atoms with Gasteiger partial charge in [0.1, 0.15) is 0 Å². The smallest absolute Gasteiger partial charge is 0.324 e. The maximum Gasteiger partial charge on any atom is 0.324 e. The number of alkyl halides is 1. The fourth-order valence-corrected chi connectivity index (χ4v) is 2.23. The van der Waals surface area contributed by atoms with Crippen molar-refractivity contribution in [3.63, 3.8) is 0 Å². The predicted octanol–water partition coefficient (Wildman–Crippen LogP) is 3.45. The molecule has 0 rings (SSSR count). The van der Waals surface area contributed by atoms with Crippen LogP contribution >= 0.6 is 22.6 Å². The lowest BCUT2D eigenvalue weighted by atomic mass is 9.78. The third kappa shape index (κ3) is 5.64. The fourth-order valence-electron chi connectivity index (χ4n) is 1.87. The molecular formula is C15H23IO4. The second-order valence-electron chi connectivity index (χ2n) is 4.49. The molecule has 0 saturated heterocycles. The molecule has 0 aromatic heterocycles. The van der Waals surface area contributed by atoms with Gasteiger partial charge in [-0.1, -0.05) is 40.3 Å². The summed E-state index contributed by atoms with van der Waals surface area (Å²) in [4.78, 5) is 24.6. The number of hydrogen-bond donors (Lipinski definition) is 0. The van der Waals surface area contributed by atoms with Crippen LogP contribution in [0, 0.1) is 5.41 Å². The summed E-state index contributed by atoms with van der Waals surface area (Å²) in [6, 6.07) is 0. The van der Waals surface area contributed by atoms with Gasteiger partial charge in [0, 0.05) is 4.43 Å². The Morgan fingerprint density at radius 1 is 1.15 bits per heavy atom. The van der Waals surface area contributed by atoms with Crippen molar-refractivity contribution in [2.24, 2.45) is 5.41 Å². The Morgan fingerprint density at radius 3 is 2.00 bits per heavy atom. The third-order valence-electron chi connectivity index (χ3n) is 2.66. The van der Waals surface area contributed by atoms with E-state index in [9.17, 15) is 9.59 Å². The van der Waals surface area contributed by atoms with Crippen LogP contribution in [0.1, 0.15) is 33.6 Å². The van der Waals surface area contributed by atoms with E-state index in [2.05, 4.69) is 29.2 Å². The van der Waals surface area contributed by atoms with Gasteiger partial charge >= 0.3 is 11.9 Å². The van der Waals surface area contributed by atoms with Crippen LogP contribution < -0.4 is 0 Å². The highest BCUT2D eigenvalue weighted by Gasteiger charge is 2.47. The number of ether oxygens (including phenoxy) is 2. The predicted molar refractivity (Wildman–Crippen MR) is 87.8 cm³/mol.